The molecule has 76 valence electrons. The Hall–Kier alpha value is -1.17. The zero-order chi connectivity index (χ0) is 10.8. The number of hydrogen-bond donors (Lipinski definition) is 0. The standard InChI is InChI=1S/C8H5F3O2S/c9-4-6(12)8(10,11)7(13)5-2-1-3-14-5/h1-3H,4H2. The lowest BCUT2D eigenvalue weighted by atomic mass is 10.1. The van der Waals surface area contributed by atoms with Crippen LogP contribution in [0.1, 0.15) is 9.67 Å². The molecule has 0 saturated carbocycles. The van der Waals surface area contributed by atoms with Gasteiger partial charge < -0.3 is 0 Å². The third-order valence-corrected chi connectivity index (χ3v) is 2.37. The van der Waals surface area contributed by atoms with Crippen LogP contribution in [0.25, 0.3) is 0 Å². The molecule has 14 heavy (non-hydrogen) atoms. The van der Waals surface area contributed by atoms with Crippen molar-refractivity contribution in [2.45, 2.75) is 5.92 Å². The summed E-state index contributed by atoms with van der Waals surface area (Å²) in [5.41, 5.74) is 0. The van der Waals surface area contributed by atoms with Crippen LogP contribution in [0.15, 0.2) is 17.5 Å². The summed E-state index contributed by atoms with van der Waals surface area (Å²) in [5.74, 6) is -7.90. The number of Topliss-reactive ketones (excluding diaryl/α,β-unsaturated/α-hetero) is 2. The van der Waals surface area contributed by atoms with Crippen LogP contribution in [0.5, 0.6) is 0 Å². The topological polar surface area (TPSA) is 34.1 Å². The fraction of sp³-hybridized carbons (Fsp3) is 0.250. The van der Waals surface area contributed by atoms with Crippen LogP contribution in [0.3, 0.4) is 0 Å². The van der Waals surface area contributed by atoms with Gasteiger partial charge in [0.2, 0.25) is 11.6 Å². The SMILES string of the molecule is O=C(CF)C(F)(F)C(=O)c1cccs1. The van der Waals surface area contributed by atoms with Crippen molar-refractivity contribution in [2.24, 2.45) is 0 Å². The lowest BCUT2D eigenvalue weighted by Gasteiger charge is -2.09. The summed E-state index contributed by atoms with van der Waals surface area (Å²) in [5, 5.41) is 1.42. The number of ketones is 2. The Balaban J connectivity index is 2.94. The molecular weight excluding hydrogens is 217 g/mol. The van der Waals surface area contributed by atoms with E-state index in [0.29, 0.717) is 0 Å². The van der Waals surface area contributed by atoms with Gasteiger partial charge in [0.1, 0.15) is 0 Å². The van der Waals surface area contributed by atoms with Crippen molar-refractivity contribution in [3.63, 3.8) is 0 Å². The predicted octanol–water partition coefficient (Wildman–Crippen LogP) is 2.10. The zero-order valence-corrected chi connectivity index (χ0v) is 7.61. The van der Waals surface area contributed by atoms with Gasteiger partial charge in [-0.25, -0.2) is 4.39 Å². The maximum atomic E-state index is 12.8. The molecule has 1 aromatic rings. The average Bonchev–Trinajstić information content (AvgIpc) is 2.67. The fourth-order valence-corrected chi connectivity index (χ4v) is 1.47. The lowest BCUT2D eigenvalue weighted by molar-refractivity contribution is -0.137. The molecule has 0 amide bonds. The highest BCUT2D eigenvalue weighted by Crippen LogP contribution is 2.24. The van der Waals surface area contributed by atoms with Crippen molar-refractivity contribution < 1.29 is 22.8 Å². The number of thiophene rings is 1. The second kappa shape index (κ2) is 3.91. The van der Waals surface area contributed by atoms with Gasteiger partial charge in [-0.05, 0) is 11.4 Å². The normalized spacial score (nSPS) is 11.4. The van der Waals surface area contributed by atoms with E-state index in [2.05, 4.69) is 0 Å². The minimum absolute atomic E-state index is 0.253. The summed E-state index contributed by atoms with van der Waals surface area (Å²) in [6.07, 6.45) is 0. The van der Waals surface area contributed by atoms with Crippen molar-refractivity contribution in [1.29, 1.82) is 0 Å². The predicted molar refractivity (Wildman–Crippen MR) is 44.6 cm³/mol. The summed E-state index contributed by atoms with van der Waals surface area (Å²) in [6.45, 7) is -1.84. The van der Waals surface area contributed by atoms with E-state index < -0.39 is 24.2 Å². The Morgan fingerprint density at radius 1 is 1.43 bits per heavy atom. The lowest BCUT2D eigenvalue weighted by Crippen LogP contribution is -2.38. The minimum Gasteiger partial charge on any atom is -0.289 e. The summed E-state index contributed by atoms with van der Waals surface area (Å²) >= 11 is 0.782. The number of hydrogen-bond acceptors (Lipinski definition) is 3. The van der Waals surface area contributed by atoms with Crippen molar-refractivity contribution >= 4 is 22.9 Å². The Bertz CT molecular complexity index is 345. The quantitative estimate of drug-likeness (QED) is 0.577. The molecule has 0 unspecified atom stereocenters. The van der Waals surface area contributed by atoms with Crippen LogP contribution < -0.4 is 0 Å². The molecule has 0 aromatic carbocycles. The average molecular weight is 222 g/mol. The maximum absolute atomic E-state index is 12.8. The third kappa shape index (κ3) is 1.84. The van der Waals surface area contributed by atoms with Gasteiger partial charge in [0.25, 0.3) is 0 Å². The molecule has 0 fully saturated rings. The van der Waals surface area contributed by atoms with Gasteiger partial charge in [0.05, 0.1) is 4.88 Å². The van der Waals surface area contributed by atoms with Crippen LogP contribution in [0, 0.1) is 0 Å². The minimum atomic E-state index is -4.25. The van der Waals surface area contributed by atoms with Crippen molar-refractivity contribution in [2.75, 3.05) is 6.67 Å². The number of alkyl halides is 3. The van der Waals surface area contributed by atoms with Gasteiger partial charge in [0.15, 0.2) is 6.67 Å². The van der Waals surface area contributed by atoms with E-state index in [1.807, 2.05) is 0 Å². The largest absolute Gasteiger partial charge is 0.370 e. The van der Waals surface area contributed by atoms with Crippen LogP contribution in [0.4, 0.5) is 13.2 Å². The molecule has 0 radical (unpaired) electrons. The molecule has 0 saturated heterocycles. The second-order valence-electron chi connectivity index (χ2n) is 2.44. The van der Waals surface area contributed by atoms with Gasteiger partial charge >= 0.3 is 5.92 Å². The van der Waals surface area contributed by atoms with Gasteiger partial charge in [-0.3, -0.25) is 9.59 Å². The number of carbonyl (C=O) groups excluding carboxylic acids is 2. The maximum Gasteiger partial charge on any atom is 0.370 e. The van der Waals surface area contributed by atoms with Crippen molar-refractivity contribution in [1.82, 2.24) is 0 Å². The summed E-state index contributed by atoms with van der Waals surface area (Å²) in [6, 6.07) is 2.56. The van der Waals surface area contributed by atoms with Gasteiger partial charge in [-0.15, -0.1) is 11.3 Å². The van der Waals surface area contributed by atoms with E-state index in [1.54, 1.807) is 0 Å². The highest BCUT2D eigenvalue weighted by atomic mass is 32.1. The first-order valence-electron chi connectivity index (χ1n) is 3.55. The molecule has 0 aliphatic carbocycles. The summed E-state index contributed by atoms with van der Waals surface area (Å²) < 4.78 is 37.4. The first kappa shape index (κ1) is 10.9. The molecule has 1 heterocycles. The van der Waals surface area contributed by atoms with Crippen LogP contribution in [-0.2, 0) is 4.79 Å². The van der Waals surface area contributed by atoms with Crippen LogP contribution in [0.2, 0.25) is 0 Å². The summed E-state index contributed by atoms with van der Waals surface area (Å²) in [4.78, 5) is 21.2. The van der Waals surface area contributed by atoms with E-state index in [4.69, 9.17) is 0 Å². The molecule has 1 rings (SSSR count). The Morgan fingerprint density at radius 3 is 2.50 bits per heavy atom. The molecule has 6 heteroatoms. The second-order valence-corrected chi connectivity index (χ2v) is 3.39. The first-order chi connectivity index (χ1) is 6.50. The summed E-state index contributed by atoms with van der Waals surface area (Å²) in [7, 11) is 0. The number of halogens is 3. The van der Waals surface area contributed by atoms with E-state index in [-0.39, 0.29) is 4.88 Å². The molecule has 0 aliphatic rings. The fourth-order valence-electron chi connectivity index (χ4n) is 0.773. The highest BCUT2D eigenvalue weighted by molar-refractivity contribution is 7.12. The van der Waals surface area contributed by atoms with E-state index in [9.17, 15) is 22.8 Å². The van der Waals surface area contributed by atoms with Crippen LogP contribution >= 0.6 is 11.3 Å². The Kier molecular flexibility index (Phi) is 3.05. The molecule has 2 nitrogen and oxygen atoms in total. The third-order valence-electron chi connectivity index (χ3n) is 1.50. The van der Waals surface area contributed by atoms with Crippen molar-refractivity contribution in [3.8, 4) is 0 Å². The van der Waals surface area contributed by atoms with E-state index >= 15 is 0 Å². The first-order valence-corrected chi connectivity index (χ1v) is 4.43. The molecule has 0 atom stereocenters. The molecular formula is C8H5F3O2S. The van der Waals surface area contributed by atoms with E-state index in [1.165, 1.54) is 11.4 Å². The Morgan fingerprint density at radius 2 is 2.07 bits per heavy atom. The smallest absolute Gasteiger partial charge is 0.289 e. The van der Waals surface area contributed by atoms with E-state index in [0.717, 1.165) is 17.4 Å². The van der Waals surface area contributed by atoms with Crippen molar-refractivity contribution in [3.05, 3.63) is 22.4 Å². The molecule has 0 N–H and O–H groups in total. The highest BCUT2D eigenvalue weighted by Gasteiger charge is 2.47. The Labute approximate surface area is 81.4 Å². The van der Waals surface area contributed by atoms with Gasteiger partial charge in [0, 0.05) is 0 Å². The van der Waals surface area contributed by atoms with Gasteiger partial charge in [-0.2, -0.15) is 8.78 Å². The van der Waals surface area contributed by atoms with Crippen LogP contribution in [-0.4, -0.2) is 24.2 Å². The molecule has 0 aliphatic heterocycles. The monoisotopic (exact) mass is 222 g/mol. The van der Waals surface area contributed by atoms with Gasteiger partial charge in [-0.1, -0.05) is 6.07 Å². The number of carbonyl (C=O) groups is 2. The molecule has 0 bridgehead atoms. The zero-order valence-electron chi connectivity index (χ0n) is 6.80. The molecule has 1 aromatic heterocycles. The molecule has 0 spiro atoms. The number of rotatable bonds is 4.